The SMILES string of the molecule is COC(=O)CCN(CC(C)C)C(=O)c1ccncc1F. The summed E-state index contributed by atoms with van der Waals surface area (Å²) in [5.74, 6) is -1.30. The lowest BCUT2D eigenvalue weighted by atomic mass is 10.1. The number of amides is 1. The van der Waals surface area contributed by atoms with Crippen molar-refractivity contribution in [1.82, 2.24) is 9.88 Å². The third-order valence-electron chi connectivity index (χ3n) is 2.69. The summed E-state index contributed by atoms with van der Waals surface area (Å²) in [5.41, 5.74) is -0.0366. The Bertz CT molecular complexity index is 477. The molecule has 0 saturated heterocycles. The van der Waals surface area contributed by atoms with Crippen LogP contribution in [0.1, 0.15) is 30.6 Å². The molecule has 0 bridgehead atoms. The number of rotatable bonds is 6. The van der Waals surface area contributed by atoms with Crippen molar-refractivity contribution in [2.24, 2.45) is 5.92 Å². The maximum atomic E-state index is 13.6. The third kappa shape index (κ3) is 4.60. The van der Waals surface area contributed by atoms with Crippen molar-refractivity contribution in [3.8, 4) is 0 Å². The first-order valence-electron chi connectivity index (χ1n) is 6.41. The number of halogens is 1. The molecule has 0 fully saturated rings. The highest BCUT2D eigenvalue weighted by Crippen LogP contribution is 2.11. The Balaban J connectivity index is 2.84. The van der Waals surface area contributed by atoms with E-state index in [9.17, 15) is 14.0 Å². The van der Waals surface area contributed by atoms with Gasteiger partial charge in [0.2, 0.25) is 0 Å². The van der Waals surface area contributed by atoms with Gasteiger partial charge in [-0.15, -0.1) is 0 Å². The third-order valence-corrected chi connectivity index (χ3v) is 2.69. The van der Waals surface area contributed by atoms with Gasteiger partial charge in [0, 0.05) is 19.3 Å². The molecular formula is C14H19FN2O3. The van der Waals surface area contributed by atoms with Gasteiger partial charge in [-0.05, 0) is 12.0 Å². The minimum atomic E-state index is -0.663. The van der Waals surface area contributed by atoms with E-state index in [0.29, 0.717) is 6.54 Å². The van der Waals surface area contributed by atoms with Crippen LogP contribution in [0, 0.1) is 11.7 Å². The molecule has 1 amide bonds. The molecule has 0 aliphatic heterocycles. The minimum Gasteiger partial charge on any atom is -0.469 e. The number of pyridine rings is 1. The lowest BCUT2D eigenvalue weighted by Crippen LogP contribution is -2.36. The average Bonchev–Trinajstić information content (AvgIpc) is 2.42. The normalized spacial score (nSPS) is 10.4. The van der Waals surface area contributed by atoms with Crippen molar-refractivity contribution in [2.75, 3.05) is 20.2 Å². The molecule has 0 aliphatic carbocycles. The Kier molecular flexibility index (Phi) is 6.09. The van der Waals surface area contributed by atoms with Gasteiger partial charge in [-0.3, -0.25) is 14.6 Å². The molecule has 0 saturated carbocycles. The van der Waals surface area contributed by atoms with Gasteiger partial charge in [0.25, 0.3) is 5.91 Å². The van der Waals surface area contributed by atoms with E-state index >= 15 is 0 Å². The molecule has 1 rings (SSSR count). The van der Waals surface area contributed by atoms with Gasteiger partial charge in [-0.25, -0.2) is 4.39 Å². The Morgan fingerprint density at radius 3 is 2.70 bits per heavy atom. The van der Waals surface area contributed by atoms with Crippen LogP contribution in [0.2, 0.25) is 0 Å². The van der Waals surface area contributed by atoms with Crippen molar-refractivity contribution in [1.29, 1.82) is 0 Å². The number of carbonyl (C=O) groups is 2. The topological polar surface area (TPSA) is 59.5 Å². The standard InChI is InChI=1S/C14H19FN2O3/c1-10(2)9-17(7-5-13(18)20-3)14(19)11-4-6-16-8-12(11)15/h4,6,8,10H,5,7,9H2,1-3H3. The monoisotopic (exact) mass is 282 g/mol. The summed E-state index contributed by atoms with van der Waals surface area (Å²) < 4.78 is 18.2. The number of aromatic nitrogens is 1. The number of methoxy groups -OCH3 is 1. The van der Waals surface area contributed by atoms with E-state index in [-0.39, 0.29) is 24.4 Å². The zero-order valence-electron chi connectivity index (χ0n) is 11.9. The molecule has 0 aromatic carbocycles. The highest BCUT2D eigenvalue weighted by atomic mass is 19.1. The van der Waals surface area contributed by atoms with Crippen LogP contribution in [-0.4, -0.2) is 42.0 Å². The fourth-order valence-corrected chi connectivity index (χ4v) is 1.76. The van der Waals surface area contributed by atoms with Crippen molar-refractivity contribution in [3.63, 3.8) is 0 Å². The Morgan fingerprint density at radius 2 is 2.15 bits per heavy atom. The average molecular weight is 282 g/mol. The van der Waals surface area contributed by atoms with Crippen LogP contribution < -0.4 is 0 Å². The molecule has 6 heteroatoms. The van der Waals surface area contributed by atoms with E-state index in [1.807, 2.05) is 13.8 Å². The molecule has 110 valence electrons. The van der Waals surface area contributed by atoms with Crippen molar-refractivity contribution in [3.05, 3.63) is 29.8 Å². The predicted octanol–water partition coefficient (Wildman–Crippen LogP) is 1.88. The second-order valence-corrected chi connectivity index (χ2v) is 4.83. The smallest absolute Gasteiger partial charge is 0.307 e. The second-order valence-electron chi connectivity index (χ2n) is 4.83. The Labute approximate surface area is 117 Å². The Hall–Kier alpha value is -1.98. The zero-order chi connectivity index (χ0) is 15.1. The summed E-state index contributed by atoms with van der Waals surface area (Å²) in [5, 5.41) is 0. The molecule has 1 heterocycles. The van der Waals surface area contributed by atoms with Crippen LogP contribution in [0.5, 0.6) is 0 Å². The second kappa shape index (κ2) is 7.57. The minimum absolute atomic E-state index is 0.0366. The largest absolute Gasteiger partial charge is 0.469 e. The van der Waals surface area contributed by atoms with Gasteiger partial charge in [-0.1, -0.05) is 13.8 Å². The maximum absolute atomic E-state index is 13.6. The van der Waals surface area contributed by atoms with Crippen LogP contribution >= 0.6 is 0 Å². The number of hydrogen-bond donors (Lipinski definition) is 0. The molecule has 20 heavy (non-hydrogen) atoms. The van der Waals surface area contributed by atoms with E-state index in [0.717, 1.165) is 6.20 Å². The zero-order valence-corrected chi connectivity index (χ0v) is 11.9. The summed E-state index contributed by atoms with van der Waals surface area (Å²) in [6.07, 6.45) is 2.45. The van der Waals surface area contributed by atoms with Crippen molar-refractivity contribution >= 4 is 11.9 Å². The summed E-state index contributed by atoms with van der Waals surface area (Å²) in [4.78, 5) is 28.6. The molecule has 0 atom stereocenters. The molecule has 0 radical (unpaired) electrons. The molecule has 5 nitrogen and oxygen atoms in total. The lowest BCUT2D eigenvalue weighted by Gasteiger charge is -2.24. The van der Waals surface area contributed by atoms with Gasteiger partial charge in [0.15, 0.2) is 5.82 Å². The fourth-order valence-electron chi connectivity index (χ4n) is 1.76. The lowest BCUT2D eigenvalue weighted by molar-refractivity contribution is -0.140. The Morgan fingerprint density at radius 1 is 1.45 bits per heavy atom. The van der Waals surface area contributed by atoms with Gasteiger partial charge >= 0.3 is 5.97 Å². The van der Waals surface area contributed by atoms with Gasteiger partial charge in [0.05, 0.1) is 25.3 Å². The number of esters is 1. The van der Waals surface area contributed by atoms with E-state index in [4.69, 9.17) is 0 Å². The van der Waals surface area contributed by atoms with E-state index in [1.54, 1.807) is 0 Å². The van der Waals surface area contributed by atoms with Crippen LogP contribution in [0.15, 0.2) is 18.5 Å². The van der Waals surface area contributed by atoms with E-state index in [2.05, 4.69) is 9.72 Å². The highest BCUT2D eigenvalue weighted by Gasteiger charge is 2.20. The molecule has 0 N–H and O–H groups in total. The van der Waals surface area contributed by atoms with E-state index in [1.165, 1.54) is 24.3 Å². The molecular weight excluding hydrogens is 263 g/mol. The number of ether oxygens (including phenoxy) is 1. The number of nitrogens with zero attached hydrogens (tertiary/aromatic N) is 2. The first-order valence-corrected chi connectivity index (χ1v) is 6.41. The van der Waals surface area contributed by atoms with Crippen molar-refractivity contribution in [2.45, 2.75) is 20.3 Å². The molecule has 0 spiro atoms. The van der Waals surface area contributed by atoms with Gasteiger partial charge < -0.3 is 9.64 Å². The van der Waals surface area contributed by atoms with Crippen LogP contribution in [0.4, 0.5) is 4.39 Å². The van der Waals surface area contributed by atoms with Crippen LogP contribution in [0.25, 0.3) is 0 Å². The summed E-state index contributed by atoms with van der Waals surface area (Å²) >= 11 is 0. The summed E-state index contributed by atoms with van der Waals surface area (Å²) in [7, 11) is 1.29. The first kappa shape index (κ1) is 16.1. The molecule has 0 unspecified atom stereocenters. The van der Waals surface area contributed by atoms with Gasteiger partial charge in [-0.2, -0.15) is 0 Å². The maximum Gasteiger partial charge on any atom is 0.307 e. The highest BCUT2D eigenvalue weighted by molar-refractivity contribution is 5.94. The summed E-state index contributed by atoms with van der Waals surface area (Å²) in [6.45, 7) is 4.53. The summed E-state index contributed by atoms with van der Waals surface area (Å²) in [6, 6.07) is 1.34. The van der Waals surface area contributed by atoms with Crippen LogP contribution in [0.3, 0.4) is 0 Å². The van der Waals surface area contributed by atoms with Crippen molar-refractivity contribution < 1.29 is 18.7 Å². The molecule has 1 aromatic heterocycles. The van der Waals surface area contributed by atoms with E-state index < -0.39 is 17.7 Å². The van der Waals surface area contributed by atoms with Crippen LogP contribution in [-0.2, 0) is 9.53 Å². The number of carbonyl (C=O) groups excluding carboxylic acids is 2. The first-order chi connectivity index (χ1) is 9.45. The predicted molar refractivity (Wildman–Crippen MR) is 71.6 cm³/mol. The molecule has 1 aromatic rings. The quantitative estimate of drug-likeness (QED) is 0.747. The fraction of sp³-hybridized carbons (Fsp3) is 0.500. The van der Waals surface area contributed by atoms with Gasteiger partial charge in [0.1, 0.15) is 0 Å². The number of hydrogen-bond acceptors (Lipinski definition) is 4. The molecule has 0 aliphatic rings.